The fraction of sp³-hybridized carbons (Fsp3) is 0.0625. The third-order valence-electron chi connectivity index (χ3n) is 3.06. The Kier molecular flexibility index (Phi) is 5.59. The third-order valence-corrected chi connectivity index (χ3v) is 4.70. The summed E-state index contributed by atoms with van der Waals surface area (Å²) in [4.78, 5) is 12.4. The lowest BCUT2D eigenvalue weighted by Crippen LogP contribution is -2.30. The average Bonchev–Trinajstić information content (AvgIpc) is 2.58. The maximum atomic E-state index is 12.4. The fourth-order valence-electron chi connectivity index (χ4n) is 1.88. The van der Waals surface area contributed by atoms with E-state index >= 15 is 0 Å². The molecule has 0 saturated heterocycles. The van der Waals surface area contributed by atoms with Gasteiger partial charge >= 0.3 is 11.6 Å². The summed E-state index contributed by atoms with van der Waals surface area (Å²) in [6.07, 6.45) is 0. The topological polar surface area (TPSA) is 73.9 Å². The molecule has 0 aromatic heterocycles. The molecule has 4 nitrogen and oxygen atoms in total. The van der Waals surface area contributed by atoms with Crippen molar-refractivity contribution < 1.29 is 9.53 Å². The molecule has 0 unspecified atom stereocenters. The molecule has 8 heteroatoms. The van der Waals surface area contributed by atoms with Gasteiger partial charge in [-0.05, 0) is 18.2 Å². The molecule has 0 fully saturated rings. The number of nitriles is 2. The summed E-state index contributed by atoms with van der Waals surface area (Å²) in [5, 5.41) is 19.0. The van der Waals surface area contributed by atoms with Crippen LogP contribution in [0.1, 0.15) is 15.9 Å². The Morgan fingerprint density at radius 2 is 1.46 bits per heavy atom. The normalized spacial score (nSPS) is 10.6. The maximum Gasteiger partial charge on any atom is 0.342 e. The highest BCUT2D eigenvalue weighted by Gasteiger charge is 2.40. The Morgan fingerprint density at radius 1 is 0.917 bits per heavy atom. The number of nitrogens with zero attached hydrogens (tertiary/aromatic N) is 2. The highest BCUT2D eigenvalue weighted by Crippen LogP contribution is 2.36. The predicted octanol–water partition coefficient (Wildman–Crippen LogP) is 5.40. The van der Waals surface area contributed by atoms with Crippen molar-refractivity contribution in [2.45, 2.75) is 5.60 Å². The maximum absolute atomic E-state index is 12.4. The number of hydrogen-bond donors (Lipinski definition) is 0. The molecule has 2 aromatic rings. The molecule has 0 amide bonds. The van der Waals surface area contributed by atoms with Crippen LogP contribution in [0.2, 0.25) is 20.1 Å². The standard InChI is InChI=1S/C16H6Cl4N2O2/c17-11-5-1-3-9(13(11)19)15(23)24-16(7-21,8-22)10-4-2-6-12(18)14(10)20/h1-6H. The van der Waals surface area contributed by atoms with Crippen LogP contribution in [-0.2, 0) is 10.3 Å². The van der Waals surface area contributed by atoms with Gasteiger partial charge in [0.15, 0.2) is 0 Å². The van der Waals surface area contributed by atoms with Crippen molar-refractivity contribution in [3.8, 4) is 12.1 Å². The van der Waals surface area contributed by atoms with E-state index in [4.69, 9.17) is 51.1 Å². The number of esters is 1. The number of hydrogen-bond acceptors (Lipinski definition) is 4. The van der Waals surface area contributed by atoms with E-state index in [0.29, 0.717) is 0 Å². The van der Waals surface area contributed by atoms with Crippen LogP contribution in [0.3, 0.4) is 0 Å². The van der Waals surface area contributed by atoms with E-state index < -0.39 is 11.6 Å². The van der Waals surface area contributed by atoms with Gasteiger partial charge in [-0.25, -0.2) is 4.79 Å². The highest BCUT2D eigenvalue weighted by molar-refractivity contribution is 6.44. The number of rotatable bonds is 3. The molecular formula is C16H6Cl4N2O2. The largest absolute Gasteiger partial charge is 0.422 e. The van der Waals surface area contributed by atoms with Crippen LogP contribution in [0.25, 0.3) is 0 Å². The molecular weight excluding hydrogens is 394 g/mol. The second kappa shape index (κ2) is 7.30. The van der Waals surface area contributed by atoms with Crippen LogP contribution < -0.4 is 0 Å². The molecule has 0 bridgehead atoms. The molecule has 24 heavy (non-hydrogen) atoms. The van der Waals surface area contributed by atoms with Crippen molar-refractivity contribution in [1.29, 1.82) is 10.5 Å². The third kappa shape index (κ3) is 3.29. The van der Waals surface area contributed by atoms with Crippen LogP contribution >= 0.6 is 46.4 Å². The summed E-state index contributed by atoms with van der Waals surface area (Å²) >= 11 is 23.8. The molecule has 0 atom stereocenters. The minimum Gasteiger partial charge on any atom is -0.422 e. The van der Waals surface area contributed by atoms with Gasteiger partial charge in [0, 0.05) is 5.56 Å². The Morgan fingerprint density at radius 3 is 2.04 bits per heavy atom. The zero-order chi connectivity index (χ0) is 17.9. The summed E-state index contributed by atoms with van der Waals surface area (Å²) in [5.74, 6) is -0.998. The minimum atomic E-state index is -2.29. The van der Waals surface area contributed by atoms with Crippen LogP contribution in [0.4, 0.5) is 0 Å². The van der Waals surface area contributed by atoms with E-state index in [1.807, 2.05) is 0 Å². The quantitative estimate of drug-likeness (QED) is 0.647. The van der Waals surface area contributed by atoms with Crippen molar-refractivity contribution in [1.82, 2.24) is 0 Å². The van der Waals surface area contributed by atoms with Crippen LogP contribution in [0, 0.1) is 22.7 Å². The molecule has 0 saturated carbocycles. The molecule has 2 aromatic carbocycles. The van der Waals surface area contributed by atoms with Gasteiger partial charge < -0.3 is 4.74 Å². The Balaban J connectivity index is 2.52. The molecule has 0 radical (unpaired) electrons. The molecule has 0 aliphatic rings. The van der Waals surface area contributed by atoms with Gasteiger partial charge in [-0.15, -0.1) is 0 Å². The van der Waals surface area contributed by atoms with Crippen molar-refractivity contribution in [2.75, 3.05) is 0 Å². The van der Waals surface area contributed by atoms with Gasteiger partial charge in [-0.1, -0.05) is 64.6 Å². The lowest BCUT2D eigenvalue weighted by atomic mass is 9.96. The van der Waals surface area contributed by atoms with E-state index in [2.05, 4.69) is 0 Å². The molecule has 0 N–H and O–H groups in total. The minimum absolute atomic E-state index is 0.0480. The van der Waals surface area contributed by atoms with E-state index in [0.717, 1.165) is 0 Å². The molecule has 0 aliphatic carbocycles. The lowest BCUT2D eigenvalue weighted by Gasteiger charge is -2.21. The van der Waals surface area contributed by atoms with Gasteiger partial charge in [0.1, 0.15) is 12.1 Å². The summed E-state index contributed by atoms with van der Waals surface area (Å²) < 4.78 is 5.13. The number of carbonyl (C=O) groups excluding carboxylic acids is 1. The van der Waals surface area contributed by atoms with Gasteiger partial charge in [-0.2, -0.15) is 10.5 Å². The number of ether oxygens (including phenoxy) is 1. The fourth-order valence-corrected chi connectivity index (χ4v) is 2.69. The van der Waals surface area contributed by atoms with Gasteiger partial charge in [0.05, 0.1) is 25.7 Å². The first-order valence-electron chi connectivity index (χ1n) is 6.30. The van der Waals surface area contributed by atoms with Crippen molar-refractivity contribution in [3.63, 3.8) is 0 Å². The number of halogens is 4. The molecule has 120 valence electrons. The predicted molar refractivity (Wildman–Crippen MR) is 91.2 cm³/mol. The number of benzene rings is 2. The Bertz CT molecular complexity index is 886. The highest BCUT2D eigenvalue weighted by atomic mass is 35.5. The monoisotopic (exact) mass is 398 g/mol. The number of carbonyl (C=O) groups is 1. The Hall–Kier alpha value is -1.95. The first-order chi connectivity index (χ1) is 11.4. The summed E-state index contributed by atoms with van der Waals surface area (Å²) in [5.41, 5.74) is -2.42. The van der Waals surface area contributed by atoms with Crippen molar-refractivity contribution in [2.24, 2.45) is 0 Å². The first kappa shape index (κ1) is 18.4. The van der Waals surface area contributed by atoms with Crippen molar-refractivity contribution in [3.05, 3.63) is 67.6 Å². The summed E-state index contributed by atoms with van der Waals surface area (Å²) in [6.45, 7) is 0. The van der Waals surface area contributed by atoms with Gasteiger partial charge in [0.25, 0.3) is 0 Å². The Labute approximate surface area is 157 Å². The van der Waals surface area contributed by atoms with E-state index in [9.17, 15) is 15.3 Å². The summed E-state index contributed by atoms with van der Waals surface area (Å²) in [7, 11) is 0. The zero-order valence-electron chi connectivity index (χ0n) is 11.7. The van der Waals surface area contributed by atoms with Gasteiger partial charge in [0.2, 0.25) is 0 Å². The molecule has 2 rings (SSSR count). The summed E-state index contributed by atoms with van der Waals surface area (Å²) in [6, 6.07) is 12.0. The van der Waals surface area contributed by atoms with Crippen molar-refractivity contribution >= 4 is 52.4 Å². The SMILES string of the molecule is N#CC(C#N)(OC(=O)c1cccc(Cl)c1Cl)c1cccc(Cl)c1Cl. The van der Waals surface area contributed by atoms with Crippen LogP contribution in [-0.4, -0.2) is 5.97 Å². The zero-order valence-corrected chi connectivity index (χ0v) is 14.7. The molecule has 0 spiro atoms. The lowest BCUT2D eigenvalue weighted by molar-refractivity contribution is 0.0238. The molecule has 0 heterocycles. The van der Waals surface area contributed by atoms with E-state index in [1.54, 1.807) is 12.1 Å². The van der Waals surface area contributed by atoms with Crippen LogP contribution in [0.15, 0.2) is 36.4 Å². The van der Waals surface area contributed by atoms with E-state index in [-0.39, 0.29) is 31.2 Å². The van der Waals surface area contributed by atoms with E-state index in [1.165, 1.54) is 36.4 Å². The smallest absolute Gasteiger partial charge is 0.342 e. The second-order valence-corrected chi connectivity index (χ2v) is 6.07. The average molecular weight is 400 g/mol. The van der Waals surface area contributed by atoms with Gasteiger partial charge in [-0.3, -0.25) is 0 Å². The molecule has 0 aliphatic heterocycles. The second-order valence-electron chi connectivity index (χ2n) is 4.50. The van der Waals surface area contributed by atoms with Crippen LogP contribution in [0.5, 0.6) is 0 Å². The first-order valence-corrected chi connectivity index (χ1v) is 7.82.